The normalized spacial score (nSPS) is 14.1. The van der Waals surface area contributed by atoms with Gasteiger partial charge in [-0.2, -0.15) is 0 Å². The smallest absolute Gasteiger partial charge is 0.0754 e. The van der Waals surface area contributed by atoms with E-state index in [0.29, 0.717) is 0 Å². The zero-order chi connectivity index (χ0) is 52.5. The SMILES string of the molecule is c1ccc(-c2ccccc2-c2ccccc2N(c2ccc(-n3c4ccccc4c4ccccc43)cc2)c2ccc3cc(-c4ccc5c(c4)C4(c6ccccc6-5)c5ccccc5-n5c6ccccc6c6cccc4c65)ccc3c2)cc1. The van der Waals surface area contributed by atoms with Crippen LogP contribution in [0, 0.1) is 0 Å². The van der Waals surface area contributed by atoms with Gasteiger partial charge in [-0.15, -0.1) is 0 Å². The average Bonchev–Trinajstić information content (AvgIpc) is 3.74. The van der Waals surface area contributed by atoms with Crippen LogP contribution in [0.4, 0.5) is 17.1 Å². The Morgan fingerprint density at radius 2 is 0.800 bits per heavy atom. The van der Waals surface area contributed by atoms with Crippen molar-refractivity contribution in [2.75, 3.05) is 4.90 Å². The van der Waals surface area contributed by atoms with E-state index in [1.165, 1.54) is 121 Å². The summed E-state index contributed by atoms with van der Waals surface area (Å²) in [5.41, 5.74) is 25.0. The van der Waals surface area contributed by atoms with Crippen molar-refractivity contribution in [3.05, 3.63) is 320 Å². The molecule has 1 atom stereocenters. The summed E-state index contributed by atoms with van der Waals surface area (Å²) in [4.78, 5) is 2.44. The number of benzene rings is 13. The maximum atomic E-state index is 2.52. The molecule has 2 aromatic heterocycles. The Morgan fingerprint density at radius 3 is 1.57 bits per heavy atom. The molecule has 3 nitrogen and oxygen atoms in total. The standard InChI is InChI=1S/C77H49N3/c1-2-19-50(20-3-1)58-21-4-5-22-59(58)62-24-7-13-32-71(62)78(55-42-44-56(45-43-55)79-72-33-14-8-25-63(72)64-26-9-15-34-73(64)79)57-41-39-52-47-51(37-38-53(52)48-57)54-40-46-61-60-23-6-11-29-67(60)77(70(61)49-54)68-30-12-17-36-75(68)80-74-35-16-10-27-65(74)66-28-18-31-69(77)76(66)80/h1-49H. The number of rotatable bonds is 7. The van der Waals surface area contributed by atoms with Crippen molar-refractivity contribution in [3.8, 4) is 55.9 Å². The lowest BCUT2D eigenvalue weighted by Crippen LogP contribution is -2.33. The molecule has 3 heteroatoms. The maximum absolute atomic E-state index is 2.52. The molecule has 372 valence electrons. The molecule has 1 aliphatic carbocycles. The molecule has 0 saturated heterocycles. The minimum Gasteiger partial charge on any atom is -0.310 e. The first kappa shape index (κ1) is 44.6. The zero-order valence-electron chi connectivity index (χ0n) is 43.6. The molecule has 0 fully saturated rings. The molecule has 17 rings (SSSR count). The molecule has 0 amide bonds. The first-order chi connectivity index (χ1) is 39.7. The third kappa shape index (κ3) is 6.31. The Labute approximate surface area is 463 Å². The molecule has 2 aliphatic rings. The van der Waals surface area contributed by atoms with E-state index in [2.05, 4.69) is 311 Å². The molecule has 0 bridgehead atoms. The minimum absolute atomic E-state index is 0.517. The lowest BCUT2D eigenvalue weighted by atomic mass is 9.65. The Balaban J connectivity index is 0.817. The summed E-state index contributed by atoms with van der Waals surface area (Å²) in [6, 6.07) is 110. The fraction of sp³-hybridized carbons (Fsp3) is 0.0130. The first-order valence-corrected chi connectivity index (χ1v) is 27.7. The summed E-state index contributed by atoms with van der Waals surface area (Å²) < 4.78 is 4.91. The Morgan fingerprint density at radius 1 is 0.275 bits per heavy atom. The number of hydrogen-bond acceptors (Lipinski definition) is 1. The number of aromatic nitrogens is 2. The number of nitrogens with zero attached hydrogens (tertiary/aromatic N) is 3. The third-order valence-corrected chi connectivity index (χ3v) is 17.5. The summed E-state index contributed by atoms with van der Waals surface area (Å²) in [6.45, 7) is 0. The highest BCUT2D eigenvalue weighted by Crippen LogP contribution is 2.61. The second-order valence-electron chi connectivity index (χ2n) is 21.5. The van der Waals surface area contributed by atoms with Gasteiger partial charge in [0.05, 0.1) is 38.9 Å². The van der Waals surface area contributed by atoms with E-state index in [4.69, 9.17) is 0 Å². The number of fused-ring (bicyclic) bond motifs is 16. The second-order valence-corrected chi connectivity index (χ2v) is 21.5. The molecule has 15 aromatic rings. The summed E-state index contributed by atoms with van der Waals surface area (Å²) in [6.07, 6.45) is 0. The van der Waals surface area contributed by atoms with Crippen molar-refractivity contribution in [2.45, 2.75) is 5.41 Å². The van der Waals surface area contributed by atoms with E-state index >= 15 is 0 Å². The summed E-state index contributed by atoms with van der Waals surface area (Å²) in [5, 5.41) is 7.44. The topological polar surface area (TPSA) is 13.1 Å². The lowest BCUT2D eigenvalue weighted by molar-refractivity contribution is 0.749. The summed E-state index contributed by atoms with van der Waals surface area (Å²) >= 11 is 0. The van der Waals surface area contributed by atoms with Crippen LogP contribution in [-0.4, -0.2) is 9.13 Å². The lowest BCUT2D eigenvalue weighted by Gasteiger charge is -2.39. The highest BCUT2D eigenvalue weighted by atomic mass is 15.1. The van der Waals surface area contributed by atoms with Crippen LogP contribution >= 0.6 is 0 Å². The van der Waals surface area contributed by atoms with Gasteiger partial charge in [-0.3, -0.25) is 0 Å². The van der Waals surface area contributed by atoms with Crippen molar-refractivity contribution in [1.29, 1.82) is 0 Å². The van der Waals surface area contributed by atoms with Crippen LogP contribution in [0.5, 0.6) is 0 Å². The molecule has 1 spiro atoms. The molecule has 13 aromatic carbocycles. The van der Waals surface area contributed by atoms with Crippen LogP contribution in [0.15, 0.2) is 297 Å². The number of anilines is 3. The van der Waals surface area contributed by atoms with Crippen molar-refractivity contribution in [1.82, 2.24) is 9.13 Å². The number of para-hydroxylation sites is 6. The van der Waals surface area contributed by atoms with Gasteiger partial charge >= 0.3 is 0 Å². The van der Waals surface area contributed by atoms with Crippen molar-refractivity contribution in [3.63, 3.8) is 0 Å². The predicted octanol–water partition coefficient (Wildman–Crippen LogP) is 20.2. The van der Waals surface area contributed by atoms with Crippen LogP contribution in [0.1, 0.15) is 22.3 Å². The maximum Gasteiger partial charge on any atom is 0.0754 e. The minimum atomic E-state index is -0.517. The third-order valence-electron chi connectivity index (χ3n) is 17.5. The molecule has 0 saturated carbocycles. The molecule has 80 heavy (non-hydrogen) atoms. The highest BCUT2D eigenvalue weighted by Gasteiger charge is 2.51. The monoisotopic (exact) mass is 1020 g/mol. The summed E-state index contributed by atoms with van der Waals surface area (Å²) in [5.74, 6) is 0. The Bertz CT molecular complexity index is 4970. The fourth-order valence-electron chi connectivity index (χ4n) is 14.2. The van der Waals surface area contributed by atoms with Gasteiger partial charge in [-0.1, -0.05) is 218 Å². The quantitative estimate of drug-likeness (QED) is 0.155. The van der Waals surface area contributed by atoms with E-state index < -0.39 is 5.41 Å². The van der Waals surface area contributed by atoms with Gasteiger partial charge in [0.15, 0.2) is 0 Å². The van der Waals surface area contributed by atoms with E-state index in [0.717, 1.165) is 28.3 Å². The van der Waals surface area contributed by atoms with Crippen LogP contribution < -0.4 is 4.90 Å². The number of hydrogen-bond donors (Lipinski definition) is 0. The molecule has 0 N–H and O–H groups in total. The van der Waals surface area contributed by atoms with Crippen LogP contribution in [0.3, 0.4) is 0 Å². The average molecular weight is 1020 g/mol. The van der Waals surface area contributed by atoms with Gasteiger partial charge in [0, 0.05) is 44.2 Å². The van der Waals surface area contributed by atoms with Crippen LogP contribution in [-0.2, 0) is 5.41 Å². The van der Waals surface area contributed by atoms with Crippen LogP contribution in [0.2, 0.25) is 0 Å². The largest absolute Gasteiger partial charge is 0.310 e. The first-order valence-electron chi connectivity index (χ1n) is 27.7. The zero-order valence-corrected chi connectivity index (χ0v) is 43.6. The van der Waals surface area contributed by atoms with E-state index in [-0.39, 0.29) is 0 Å². The van der Waals surface area contributed by atoms with E-state index in [1.807, 2.05) is 0 Å². The van der Waals surface area contributed by atoms with Gasteiger partial charge in [0.1, 0.15) is 0 Å². The van der Waals surface area contributed by atoms with Gasteiger partial charge in [-0.05, 0) is 151 Å². The second kappa shape index (κ2) is 17.3. The summed E-state index contributed by atoms with van der Waals surface area (Å²) in [7, 11) is 0. The highest BCUT2D eigenvalue weighted by molar-refractivity contribution is 6.13. The molecule has 1 unspecified atom stereocenters. The van der Waals surface area contributed by atoms with Crippen molar-refractivity contribution in [2.24, 2.45) is 0 Å². The predicted molar refractivity (Wildman–Crippen MR) is 334 cm³/mol. The van der Waals surface area contributed by atoms with E-state index in [1.54, 1.807) is 0 Å². The molecular formula is C77H49N3. The van der Waals surface area contributed by atoms with Crippen LogP contribution in [0.25, 0.3) is 110 Å². The van der Waals surface area contributed by atoms with Gasteiger partial charge in [0.25, 0.3) is 0 Å². The van der Waals surface area contributed by atoms with Gasteiger partial charge in [-0.25, -0.2) is 0 Å². The van der Waals surface area contributed by atoms with Crippen molar-refractivity contribution < 1.29 is 0 Å². The Hall–Kier alpha value is -10.5. The molecular weight excluding hydrogens is 967 g/mol. The van der Waals surface area contributed by atoms with Crippen molar-refractivity contribution >= 4 is 71.4 Å². The Kier molecular flexibility index (Phi) is 9.63. The molecule has 1 aliphatic heterocycles. The molecule has 3 heterocycles. The van der Waals surface area contributed by atoms with Gasteiger partial charge in [0.2, 0.25) is 0 Å². The van der Waals surface area contributed by atoms with Gasteiger partial charge < -0.3 is 14.0 Å². The van der Waals surface area contributed by atoms with E-state index in [9.17, 15) is 0 Å². The molecule has 0 radical (unpaired) electrons. The fourth-order valence-corrected chi connectivity index (χ4v) is 14.2.